The predicted molar refractivity (Wildman–Crippen MR) is 260 cm³/mol. The number of likely N-dealkylation sites (N-methyl/N-ethyl adjacent to an activating group) is 4. The molecule has 0 bridgehead atoms. The Hall–Kier alpha value is -6.00. The van der Waals surface area contributed by atoms with Crippen molar-refractivity contribution in [3.63, 3.8) is 0 Å². The molecule has 0 aromatic heterocycles. The maximum absolute atomic E-state index is 14.7. The van der Waals surface area contributed by atoms with E-state index in [1.807, 2.05) is 55.4 Å². The van der Waals surface area contributed by atoms with E-state index < -0.39 is 96.1 Å². The highest BCUT2D eigenvalue weighted by atomic mass is 16.6. The predicted octanol–water partition coefficient (Wildman–Crippen LogP) is 5.25. The van der Waals surface area contributed by atoms with Gasteiger partial charge in [-0.25, -0.2) is 19.2 Å². The molecule has 382 valence electrons. The molecule has 0 radical (unpaired) electrons. The van der Waals surface area contributed by atoms with Crippen molar-refractivity contribution in [1.82, 2.24) is 19.6 Å². The number of anilines is 1. The summed E-state index contributed by atoms with van der Waals surface area (Å²) in [6.07, 6.45) is -5.74. The second kappa shape index (κ2) is 26.1. The SMILES string of the molecule is CC(C)C[C@H]1C(=O)O[C@H](Cc2ccc(N)cc2)C(=O)N(C)[C@@H](CC(C)C)C(=O)O[C@H](C)C(=O)N(C)[C@@H](CC(C)C)C(=O)O[C@H](Cc2ccccc2)C(=O)N(C)[C@@H](CC(C)C)C(=O)O[C@H](C)C(=O)N1C. The van der Waals surface area contributed by atoms with Gasteiger partial charge in [-0.15, -0.1) is 0 Å². The van der Waals surface area contributed by atoms with Crippen molar-refractivity contribution in [2.45, 2.75) is 156 Å². The van der Waals surface area contributed by atoms with E-state index >= 15 is 0 Å². The molecular formula is C52H77N5O12. The molecular weight excluding hydrogens is 887 g/mol. The zero-order chi connectivity index (χ0) is 52.0. The van der Waals surface area contributed by atoms with Crippen molar-refractivity contribution < 1.29 is 57.3 Å². The maximum atomic E-state index is 14.7. The number of hydrogen-bond donors (Lipinski definition) is 1. The molecule has 1 aliphatic heterocycles. The third kappa shape index (κ3) is 16.6. The van der Waals surface area contributed by atoms with Gasteiger partial charge in [0.1, 0.15) is 24.2 Å². The highest BCUT2D eigenvalue weighted by Crippen LogP contribution is 2.24. The number of esters is 4. The number of nitrogens with zero attached hydrogens (tertiary/aromatic N) is 4. The summed E-state index contributed by atoms with van der Waals surface area (Å²) >= 11 is 0. The number of amides is 4. The lowest BCUT2D eigenvalue weighted by Gasteiger charge is -2.35. The minimum atomic E-state index is -1.52. The van der Waals surface area contributed by atoms with E-state index in [0.29, 0.717) is 16.8 Å². The average molecular weight is 964 g/mol. The Kier molecular flexibility index (Phi) is 21.7. The topological polar surface area (TPSA) is 212 Å². The van der Waals surface area contributed by atoms with Gasteiger partial charge in [-0.3, -0.25) is 19.2 Å². The molecule has 1 fully saturated rings. The van der Waals surface area contributed by atoms with E-state index in [2.05, 4.69) is 0 Å². The highest BCUT2D eigenvalue weighted by molar-refractivity contribution is 5.94. The van der Waals surface area contributed by atoms with Crippen molar-refractivity contribution in [1.29, 1.82) is 0 Å². The lowest BCUT2D eigenvalue weighted by atomic mass is 10.00. The van der Waals surface area contributed by atoms with Crippen molar-refractivity contribution in [3.8, 4) is 0 Å². The number of nitrogens with two attached hydrogens (primary N) is 1. The molecule has 8 atom stereocenters. The first-order valence-electron chi connectivity index (χ1n) is 24.0. The van der Waals surface area contributed by atoms with Gasteiger partial charge in [0, 0.05) is 46.7 Å². The Morgan fingerprint density at radius 2 is 0.696 bits per heavy atom. The molecule has 3 rings (SSSR count). The second-order valence-electron chi connectivity index (χ2n) is 20.0. The summed E-state index contributed by atoms with van der Waals surface area (Å²) in [5.41, 5.74) is 7.63. The van der Waals surface area contributed by atoms with Crippen molar-refractivity contribution in [2.24, 2.45) is 23.7 Å². The largest absolute Gasteiger partial charge is 0.451 e. The van der Waals surface area contributed by atoms with Gasteiger partial charge in [-0.05, 0) is 86.5 Å². The summed E-state index contributed by atoms with van der Waals surface area (Å²) < 4.78 is 23.8. The zero-order valence-corrected chi connectivity index (χ0v) is 43.1. The minimum Gasteiger partial charge on any atom is -0.451 e. The number of cyclic esters (lactones) is 4. The van der Waals surface area contributed by atoms with Gasteiger partial charge in [0.05, 0.1) is 0 Å². The molecule has 17 nitrogen and oxygen atoms in total. The van der Waals surface area contributed by atoms with E-state index in [9.17, 15) is 38.4 Å². The van der Waals surface area contributed by atoms with E-state index in [1.54, 1.807) is 54.6 Å². The van der Waals surface area contributed by atoms with Crippen LogP contribution in [0.25, 0.3) is 0 Å². The van der Waals surface area contributed by atoms with E-state index in [-0.39, 0.29) is 62.2 Å². The van der Waals surface area contributed by atoms with Crippen molar-refractivity contribution in [3.05, 3.63) is 65.7 Å². The molecule has 1 aliphatic rings. The highest BCUT2D eigenvalue weighted by Gasteiger charge is 2.43. The van der Waals surface area contributed by atoms with Gasteiger partial charge in [0.15, 0.2) is 24.4 Å². The Balaban J connectivity index is 2.25. The van der Waals surface area contributed by atoms with Crippen LogP contribution in [0.4, 0.5) is 5.69 Å². The van der Waals surface area contributed by atoms with Crippen LogP contribution in [-0.4, -0.2) is 144 Å². The Morgan fingerprint density at radius 1 is 0.420 bits per heavy atom. The molecule has 0 spiro atoms. The molecule has 17 heteroatoms. The fourth-order valence-corrected chi connectivity index (χ4v) is 8.18. The number of benzene rings is 2. The van der Waals surface area contributed by atoms with Crippen LogP contribution in [-0.2, 0) is 70.1 Å². The molecule has 2 N–H and O–H groups in total. The van der Waals surface area contributed by atoms with Gasteiger partial charge in [0.25, 0.3) is 23.6 Å². The number of rotatable bonds is 12. The summed E-state index contributed by atoms with van der Waals surface area (Å²) in [6.45, 7) is 17.5. The Labute approximate surface area is 408 Å². The summed E-state index contributed by atoms with van der Waals surface area (Å²) in [5.74, 6) is -7.29. The molecule has 2 aromatic carbocycles. The van der Waals surface area contributed by atoms with Crippen LogP contribution >= 0.6 is 0 Å². The van der Waals surface area contributed by atoms with Crippen LogP contribution in [0.1, 0.15) is 106 Å². The first-order chi connectivity index (χ1) is 32.2. The van der Waals surface area contributed by atoms with Gasteiger partial charge in [-0.2, -0.15) is 0 Å². The van der Waals surface area contributed by atoms with Gasteiger partial charge >= 0.3 is 23.9 Å². The third-order valence-electron chi connectivity index (χ3n) is 12.1. The van der Waals surface area contributed by atoms with E-state index in [0.717, 1.165) is 19.6 Å². The first kappa shape index (κ1) is 57.3. The second-order valence-corrected chi connectivity index (χ2v) is 20.0. The van der Waals surface area contributed by atoms with Crippen LogP contribution in [0.3, 0.4) is 0 Å². The molecule has 2 aromatic rings. The number of nitrogen functional groups attached to an aromatic ring is 1. The molecule has 4 amide bonds. The maximum Gasteiger partial charge on any atom is 0.329 e. The average Bonchev–Trinajstić information content (AvgIpc) is 3.28. The number of carbonyl (C=O) groups excluding carboxylic acids is 8. The summed E-state index contributed by atoms with van der Waals surface area (Å²) in [4.78, 5) is 120. The van der Waals surface area contributed by atoms with Gasteiger partial charge < -0.3 is 44.3 Å². The van der Waals surface area contributed by atoms with Crippen LogP contribution in [0, 0.1) is 23.7 Å². The molecule has 1 heterocycles. The van der Waals surface area contributed by atoms with Crippen LogP contribution in [0.15, 0.2) is 54.6 Å². The normalized spacial score (nSPS) is 25.0. The van der Waals surface area contributed by atoms with E-state index in [1.165, 1.54) is 42.0 Å². The summed E-state index contributed by atoms with van der Waals surface area (Å²) in [6, 6.07) is 10.4. The fourth-order valence-electron chi connectivity index (χ4n) is 8.18. The summed E-state index contributed by atoms with van der Waals surface area (Å²) in [5, 5.41) is 0. The number of hydrogen-bond acceptors (Lipinski definition) is 13. The van der Waals surface area contributed by atoms with Crippen molar-refractivity contribution >= 4 is 53.2 Å². The minimum absolute atomic E-state index is 0.0867. The van der Waals surface area contributed by atoms with Crippen LogP contribution in [0.5, 0.6) is 0 Å². The van der Waals surface area contributed by atoms with Crippen LogP contribution < -0.4 is 5.73 Å². The molecule has 69 heavy (non-hydrogen) atoms. The molecule has 0 aliphatic carbocycles. The monoisotopic (exact) mass is 964 g/mol. The van der Waals surface area contributed by atoms with E-state index in [4.69, 9.17) is 24.7 Å². The Bertz CT molecular complexity index is 2060. The standard InChI is InChI=1S/C52H77N5O12/c1-30(2)24-39-49(62)66-35(10)46(59)55(12)42(27-33(7)8)52(65)69-44(29-37-20-22-38(53)23-21-37)48(61)57(14)40(25-31(3)4)50(63)67-34(9)45(58)54(11)41(26-32(5)6)51(64)68-43(47(60)56(39)13)28-36-18-16-15-17-19-36/h15-23,30-35,39-44H,24-29,53H2,1-14H3/t34-,35-,39+,40+,41+,42+,43-,44-/m1/s1. The molecule has 0 unspecified atom stereocenters. The Morgan fingerprint density at radius 3 is 1.00 bits per heavy atom. The number of ether oxygens (including phenoxy) is 4. The number of carbonyl (C=O) groups is 8. The van der Waals surface area contributed by atoms with Crippen molar-refractivity contribution in [2.75, 3.05) is 33.9 Å². The zero-order valence-electron chi connectivity index (χ0n) is 43.1. The molecule has 1 saturated heterocycles. The fraction of sp³-hybridized carbons (Fsp3) is 0.615. The van der Waals surface area contributed by atoms with Crippen LogP contribution in [0.2, 0.25) is 0 Å². The molecule has 0 saturated carbocycles. The van der Waals surface area contributed by atoms with Gasteiger partial charge in [-0.1, -0.05) is 97.9 Å². The lowest BCUT2D eigenvalue weighted by molar-refractivity contribution is -0.176. The smallest absolute Gasteiger partial charge is 0.329 e. The third-order valence-corrected chi connectivity index (χ3v) is 12.1. The lowest BCUT2D eigenvalue weighted by Crippen LogP contribution is -2.55. The van der Waals surface area contributed by atoms with Gasteiger partial charge in [0.2, 0.25) is 0 Å². The summed E-state index contributed by atoms with van der Waals surface area (Å²) in [7, 11) is 5.53. The quantitative estimate of drug-likeness (QED) is 0.164. The first-order valence-corrected chi connectivity index (χ1v) is 24.0.